The van der Waals surface area contributed by atoms with E-state index in [9.17, 15) is 14.4 Å². The number of rotatable bonds is 6. The van der Waals surface area contributed by atoms with Gasteiger partial charge in [-0.05, 0) is 64.2 Å². The third-order valence-corrected chi connectivity index (χ3v) is 3.91. The first-order valence-corrected chi connectivity index (χ1v) is 8.50. The highest BCUT2D eigenvalue weighted by molar-refractivity contribution is 6.00. The summed E-state index contributed by atoms with van der Waals surface area (Å²) in [6, 6.07) is 0. The second-order valence-corrected chi connectivity index (χ2v) is 5.47. The molecule has 0 fully saturated rings. The summed E-state index contributed by atoms with van der Waals surface area (Å²) in [5.41, 5.74) is 2.53. The minimum atomic E-state index is -0.518. The molecule has 6 nitrogen and oxygen atoms in total. The Bertz CT molecular complexity index is 636. The molecule has 0 aromatic heterocycles. The Hall–Kier alpha value is -2.37. The highest BCUT2D eigenvalue weighted by Gasteiger charge is 2.28. The maximum atomic E-state index is 12.4. The Kier molecular flexibility index (Phi) is 8.11. The van der Waals surface area contributed by atoms with Crippen LogP contribution in [0.15, 0.2) is 33.9 Å². The highest BCUT2D eigenvalue weighted by atomic mass is 16.5. The Morgan fingerprint density at radius 1 is 0.840 bits per heavy atom. The summed E-state index contributed by atoms with van der Waals surface area (Å²) in [6.07, 6.45) is 2.18. The van der Waals surface area contributed by atoms with Crippen molar-refractivity contribution >= 4 is 17.9 Å². The Morgan fingerprint density at radius 3 is 1.96 bits per heavy atom. The van der Waals surface area contributed by atoms with Gasteiger partial charge in [-0.15, -0.1) is 0 Å². The van der Waals surface area contributed by atoms with Gasteiger partial charge in [-0.25, -0.2) is 14.4 Å². The molecule has 0 N–H and O–H groups in total. The third-order valence-electron chi connectivity index (χ3n) is 3.91. The second-order valence-electron chi connectivity index (χ2n) is 5.47. The van der Waals surface area contributed by atoms with Gasteiger partial charge in [0.15, 0.2) is 0 Å². The normalized spacial score (nSPS) is 16.6. The van der Waals surface area contributed by atoms with E-state index >= 15 is 0 Å². The molecule has 0 atom stereocenters. The molecule has 138 valence electrons. The molecule has 0 amide bonds. The van der Waals surface area contributed by atoms with Gasteiger partial charge in [-0.2, -0.15) is 0 Å². The van der Waals surface area contributed by atoms with Gasteiger partial charge in [0.2, 0.25) is 0 Å². The first kappa shape index (κ1) is 20.7. The predicted molar refractivity (Wildman–Crippen MR) is 92.6 cm³/mol. The van der Waals surface area contributed by atoms with Gasteiger partial charge < -0.3 is 14.2 Å². The molecule has 0 saturated carbocycles. The molecule has 0 heterocycles. The van der Waals surface area contributed by atoms with Crippen LogP contribution in [-0.4, -0.2) is 37.7 Å². The fourth-order valence-corrected chi connectivity index (χ4v) is 2.72. The van der Waals surface area contributed by atoms with Crippen molar-refractivity contribution in [1.29, 1.82) is 0 Å². The summed E-state index contributed by atoms with van der Waals surface area (Å²) in [5, 5.41) is 0. The first-order chi connectivity index (χ1) is 11.9. The lowest BCUT2D eigenvalue weighted by molar-refractivity contribution is -0.139. The van der Waals surface area contributed by atoms with Gasteiger partial charge >= 0.3 is 17.9 Å². The molecule has 6 heteroatoms. The molecular weight excluding hydrogens is 324 g/mol. The molecule has 25 heavy (non-hydrogen) atoms. The summed E-state index contributed by atoms with van der Waals surface area (Å²) < 4.78 is 15.2. The van der Waals surface area contributed by atoms with Crippen molar-refractivity contribution in [1.82, 2.24) is 0 Å². The minimum absolute atomic E-state index is 0.217. The van der Waals surface area contributed by atoms with Crippen LogP contribution in [0.2, 0.25) is 0 Å². The van der Waals surface area contributed by atoms with Crippen molar-refractivity contribution in [3.63, 3.8) is 0 Å². The summed E-state index contributed by atoms with van der Waals surface area (Å²) in [4.78, 5) is 36.5. The number of carbonyl (C=O) groups is 3. The maximum absolute atomic E-state index is 12.4. The molecule has 0 bridgehead atoms. The zero-order valence-corrected chi connectivity index (χ0v) is 15.6. The Morgan fingerprint density at radius 2 is 1.40 bits per heavy atom. The van der Waals surface area contributed by atoms with Crippen LogP contribution in [0.4, 0.5) is 0 Å². The largest absolute Gasteiger partial charge is 0.463 e. The maximum Gasteiger partial charge on any atom is 0.338 e. The number of hydrogen-bond donors (Lipinski definition) is 0. The molecule has 0 aliphatic heterocycles. The predicted octanol–water partition coefficient (Wildman–Crippen LogP) is 3.03. The van der Waals surface area contributed by atoms with E-state index in [0.717, 1.165) is 0 Å². The van der Waals surface area contributed by atoms with Crippen LogP contribution in [0.25, 0.3) is 0 Å². The molecule has 0 spiro atoms. The van der Waals surface area contributed by atoms with E-state index in [1.807, 2.05) is 0 Å². The number of hydrogen-bond acceptors (Lipinski definition) is 6. The second kappa shape index (κ2) is 9.81. The zero-order valence-electron chi connectivity index (χ0n) is 15.6. The molecule has 0 unspecified atom stereocenters. The molecule has 0 aromatic rings. The van der Waals surface area contributed by atoms with Gasteiger partial charge in [-0.3, -0.25) is 0 Å². The topological polar surface area (TPSA) is 78.9 Å². The van der Waals surface area contributed by atoms with Gasteiger partial charge in [0.05, 0.1) is 25.4 Å². The van der Waals surface area contributed by atoms with Crippen LogP contribution in [0, 0.1) is 0 Å². The summed E-state index contributed by atoms with van der Waals surface area (Å²) >= 11 is 0. The van der Waals surface area contributed by atoms with Gasteiger partial charge in [0.25, 0.3) is 0 Å². The number of carbonyl (C=O) groups excluding carboxylic acids is 3. The van der Waals surface area contributed by atoms with E-state index in [1.165, 1.54) is 6.08 Å². The van der Waals surface area contributed by atoms with Crippen LogP contribution in [0.5, 0.6) is 0 Å². The van der Waals surface area contributed by atoms with Crippen LogP contribution < -0.4 is 0 Å². The lowest BCUT2D eigenvalue weighted by atomic mass is 9.96. The molecule has 1 aliphatic rings. The van der Waals surface area contributed by atoms with Crippen LogP contribution in [0.1, 0.15) is 47.5 Å². The van der Waals surface area contributed by atoms with Crippen LogP contribution >= 0.6 is 0 Å². The van der Waals surface area contributed by atoms with Gasteiger partial charge in [0.1, 0.15) is 0 Å². The van der Waals surface area contributed by atoms with Gasteiger partial charge in [0, 0.05) is 11.6 Å². The molecule has 0 radical (unpaired) electrons. The van der Waals surface area contributed by atoms with E-state index in [4.69, 9.17) is 14.2 Å². The molecule has 0 saturated heterocycles. The Balaban J connectivity index is 3.42. The van der Waals surface area contributed by atoms with Crippen molar-refractivity contribution in [2.45, 2.75) is 47.5 Å². The molecule has 1 aliphatic carbocycles. The first-order valence-electron chi connectivity index (χ1n) is 8.50. The SMILES string of the molecule is CCOC(=O)/C=C1\CCC(C(=O)OCC)=C(C)C(C(=O)OCC)=C1C. The quantitative estimate of drug-likeness (QED) is 0.416. The standard InChI is InChI=1S/C19H26O6/c1-6-23-16(20)11-14-9-10-15(18(21)24-7-2)13(5)17(12(14)4)19(22)25-8-3/h11H,6-10H2,1-5H3/b14-11+. The minimum Gasteiger partial charge on any atom is -0.463 e. The van der Waals surface area contributed by atoms with E-state index in [0.29, 0.717) is 40.7 Å². The smallest absolute Gasteiger partial charge is 0.338 e. The molecular formula is C19H26O6. The van der Waals surface area contributed by atoms with Crippen LogP contribution in [-0.2, 0) is 28.6 Å². The van der Waals surface area contributed by atoms with Gasteiger partial charge in [-0.1, -0.05) is 0 Å². The number of esters is 3. The lowest BCUT2D eigenvalue weighted by Gasteiger charge is -2.13. The summed E-state index contributed by atoms with van der Waals surface area (Å²) in [5.74, 6) is -1.44. The van der Waals surface area contributed by atoms with E-state index in [-0.39, 0.29) is 19.8 Å². The molecule has 1 rings (SSSR count). The Labute approximate surface area is 148 Å². The zero-order chi connectivity index (χ0) is 19.0. The fraction of sp³-hybridized carbons (Fsp3) is 0.526. The van der Waals surface area contributed by atoms with E-state index in [1.54, 1.807) is 34.6 Å². The van der Waals surface area contributed by atoms with Crippen molar-refractivity contribution in [3.05, 3.63) is 33.9 Å². The average Bonchev–Trinajstić information content (AvgIpc) is 2.65. The monoisotopic (exact) mass is 350 g/mol. The average molecular weight is 350 g/mol. The van der Waals surface area contributed by atoms with E-state index < -0.39 is 17.9 Å². The number of ether oxygens (including phenoxy) is 3. The summed E-state index contributed by atoms with van der Waals surface area (Å²) in [6.45, 7) is 9.34. The number of allylic oxidation sites excluding steroid dienone is 2. The van der Waals surface area contributed by atoms with Crippen molar-refractivity contribution in [2.75, 3.05) is 19.8 Å². The lowest BCUT2D eigenvalue weighted by Crippen LogP contribution is -2.15. The summed E-state index contributed by atoms with van der Waals surface area (Å²) in [7, 11) is 0. The van der Waals surface area contributed by atoms with E-state index in [2.05, 4.69) is 0 Å². The third kappa shape index (κ3) is 5.31. The molecule has 0 aromatic carbocycles. The van der Waals surface area contributed by atoms with Crippen molar-refractivity contribution < 1.29 is 28.6 Å². The van der Waals surface area contributed by atoms with Crippen molar-refractivity contribution in [3.8, 4) is 0 Å². The highest BCUT2D eigenvalue weighted by Crippen LogP contribution is 2.33. The van der Waals surface area contributed by atoms with Crippen LogP contribution in [0.3, 0.4) is 0 Å². The fourth-order valence-electron chi connectivity index (χ4n) is 2.72. The van der Waals surface area contributed by atoms with Crippen molar-refractivity contribution in [2.24, 2.45) is 0 Å².